The van der Waals surface area contributed by atoms with E-state index in [-0.39, 0.29) is 32.4 Å². The number of anilines is 6. The molecule has 12 aromatic carbocycles. The summed E-state index contributed by atoms with van der Waals surface area (Å²) in [5, 5.41) is 0. The van der Waals surface area contributed by atoms with Crippen molar-refractivity contribution in [1.82, 2.24) is 0 Å². The fourth-order valence-electron chi connectivity index (χ4n) is 15.3. The molecule has 14 rings (SSSR count). The predicted molar refractivity (Wildman–Crippen MR) is 428 cm³/mol. The zero-order chi connectivity index (χ0) is 69.5. The van der Waals surface area contributed by atoms with Gasteiger partial charge < -0.3 is 14.0 Å². The highest BCUT2D eigenvalue weighted by Gasteiger charge is 2.29. The lowest BCUT2D eigenvalue weighted by atomic mass is 9.72. The van der Waals surface area contributed by atoms with Gasteiger partial charge in [-0.25, -0.2) is 4.21 Å². The van der Waals surface area contributed by atoms with Gasteiger partial charge in [-0.1, -0.05) is 274 Å². The van der Waals surface area contributed by atoms with Crippen LogP contribution < -0.4 is 9.80 Å². The molecule has 2 heterocycles. The third kappa shape index (κ3) is 15.3. The Morgan fingerprint density at radius 3 is 0.780 bits per heavy atom. The number of nitrogens with zero attached hydrogens (tertiary/aromatic N) is 2. The van der Waals surface area contributed by atoms with Crippen LogP contribution in [0.25, 0.3) is 77.9 Å². The average Bonchev–Trinajstić information content (AvgIpc) is 0.812. The minimum absolute atomic E-state index is 0.0682. The quantitative estimate of drug-likeness (QED) is 0.0850. The molecule has 0 amide bonds. The Bertz CT molecular complexity index is 4590. The van der Waals surface area contributed by atoms with Crippen LogP contribution in [0.3, 0.4) is 0 Å². The summed E-state index contributed by atoms with van der Waals surface area (Å²) in [4.78, 5) is 4.72. The van der Waals surface area contributed by atoms with Crippen molar-refractivity contribution < 1.29 is 12.6 Å². The van der Waals surface area contributed by atoms with Gasteiger partial charge in [-0.05, 0) is 237 Å². The summed E-state index contributed by atoms with van der Waals surface area (Å²) >= 11 is -1.26. The molecule has 5 nitrogen and oxygen atoms in total. The van der Waals surface area contributed by atoms with Crippen LogP contribution in [0.5, 0.6) is 0 Å². The van der Waals surface area contributed by atoms with Crippen molar-refractivity contribution in [2.24, 2.45) is 10.8 Å². The van der Waals surface area contributed by atoms with E-state index in [4.69, 9.17) is 8.37 Å². The fraction of sp³-hybridized carbons (Fsp3) is 0.215. The number of hydrogen-bond acceptors (Lipinski definition) is 5. The van der Waals surface area contributed by atoms with E-state index in [1.807, 2.05) is 0 Å². The number of fused-ring (bicyclic) bond motifs is 2. The van der Waals surface area contributed by atoms with E-state index in [0.717, 1.165) is 103 Å². The molecule has 0 radical (unpaired) electrons. The van der Waals surface area contributed by atoms with Gasteiger partial charge in [0.15, 0.2) is 11.1 Å². The largest absolute Gasteiger partial charge is 0.318 e. The molecule has 0 fully saturated rings. The topological polar surface area (TPSA) is 42.0 Å². The first kappa shape index (κ1) is 67.7. The molecule has 7 heteroatoms. The molecular formula is C93H90N2O3S2. The van der Waals surface area contributed by atoms with Gasteiger partial charge in [0, 0.05) is 39.9 Å². The van der Waals surface area contributed by atoms with Crippen molar-refractivity contribution in [2.75, 3.05) is 9.80 Å². The molecule has 12 aromatic rings. The molecule has 2 unspecified atom stereocenters. The molecule has 100 heavy (non-hydrogen) atoms. The van der Waals surface area contributed by atoms with Crippen LogP contribution in [-0.4, -0.2) is 10.1 Å². The summed E-state index contributed by atoms with van der Waals surface area (Å²) in [6.07, 6.45) is 2.21. The Morgan fingerprint density at radius 1 is 0.290 bits per heavy atom. The first-order valence-electron chi connectivity index (χ1n) is 35.1. The van der Waals surface area contributed by atoms with E-state index in [9.17, 15) is 4.21 Å². The van der Waals surface area contributed by atoms with Crippen molar-refractivity contribution >= 4 is 61.8 Å². The van der Waals surface area contributed by atoms with Gasteiger partial charge in [-0.3, -0.25) is 4.18 Å². The fourth-order valence-corrected chi connectivity index (χ4v) is 17.2. The molecular weight excluding hydrogens is 1260 g/mol. The smallest absolute Gasteiger partial charge is 0.160 e. The van der Waals surface area contributed by atoms with Crippen LogP contribution in [0.2, 0.25) is 0 Å². The zero-order valence-corrected chi connectivity index (χ0v) is 61.1. The molecule has 0 saturated heterocycles. The Balaban J connectivity index is 0.749. The molecule has 0 aliphatic carbocycles. The molecule has 0 aromatic heterocycles. The maximum absolute atomic E-state index is 12.1. The third-order valence-corrected chi connectivity index (χ3v) is 21.9. The van der Waals surface area contributed by atoms with Gasteiger partial charge >= 0.3 is 0 Å². The third-order valence-electron chi connectivity index (χ3n) is 19.9. The second-order valence-corrected chi connectivity index (χ2v) is 33.6. The second kappa shape index (κ2) is 27.9. The predicted octanol–water partition coefficient (Wildman–Crippen LogP) is 26.1. The van der Waals surface area contributed by atoms with Crippen LogP contribution in [0.4, 0.5) is 34.1 Å². The summed E-state index contributed by atoms with van der Waals surface area (Å²) in [6, 6.07) is 103. The molecule has 2 aliphatic heterocycles. The van der Waals surface area contributed by atoms with Crippen molar-refractivity contribution in [3.8, 4) is 77.9 Å². The van der Waals surface area contributed by atoms with E-state index < -0.39 is 11.1 Å². The highest BCUT2D eigenvalue weighted by Crippen LogP contribution is 2.44. The van der Waals surface area contributed by atoms with Gasteiger partial charge in [0.1, 0.15) is 0 Å². The van der Waals surface area contributed by atoms with Crippen LogP contribution in [0.1, 0.15) is 115 Å². The Morgan fingerprint density at radius 2 is 0.510 bits per heavy atom. The number of rotatable bonds is 17. The van der Waals surface area contributed by atoms with Crippen molar-refractivity contribution in [1.29, 1.82) is 0 Å². The number of hydrogen-bond donors (Lipinski definition) is 0. The SMILES string of the molecule is C=S1Cc2ccc(-c3ccc(-c4ccc(N(c5ccc(-c6ccc(N(c7ccc(-c8ccc(-c9ccc%10c(c9)COS(=O)C%10)cc8)cc7)c7ccc(-c8ccc(C(C)(C)CC(C)(C)C)cc8)cc7)cc6)cc5)c5ccc(-c6ccc(C(C)(C)CC(C)(C)C)cc6)cc5)cc4)cc3)cc2CO1. The maximum Gasteiger partial charge on any atom is 0.160 e. The molecule has 0 saturated carbocycles. The van der Waals surface area contributed by atoms with E-state index in [2.05, 4.69) is 364 Å². The Kier molecular flexibility index (Phi) is 18.9. The lowest BCUT2D eigenvalue weighted by molar-refractivity contribution is 0.283. The monoisotopic (exact) mass is 1350 g/mol. The van der Waals surface area contributed by atoms with E-state index in [0.29, 0.717) is 19.0 Å². The van der Waals surface area contributed by atoms with Crippen LogP contribution in [0.15, 0.2) is 279 Å². The van der Waals surface area contributed by atoms with Crippen LogP contribution in [0, 0.1) is 10.8 Å². The van der Waals surface area contributed by atoms with Gasteiger partial charge in [-0.2, -0.15) is 0 Å². The lowest BCUT2D eigenvalue weighted by Crippen LogP contribution is -2.24. The van der Waals surface area contributed by atoms with Gasteiger partial charge in [0.05, 0.1) is 19.0 Å². The molecule has 0 spiro atoms. The molecule has 0 N–H and O–H groups in total. The summed E-state index contributed by atoms with van der Waals surface area (Å²) < 4.78 is 23.4. The van der Waals surface area contributed by atoms with Crippen LogP contribution in [-0.2, 0) is 55.0 Å². The van der Waals surface area contributed by atoms with Crippen molar-refractivity contribution in [2.45, 2.75) is 118 Å². The summed E-state index contributed by atoms with van der Waals surface area (Å²) in [5.74, 6) is 5.47. The standard InChI is InChI=1S/C93H90N2O3S2/c1-90(2,3)62-92(7,8)82-40-24-66(25-41-82)70-32-48-86(49-33-70)94(84-44-28-68(29-45-84)64-12-16-74(17-13-64)76-20-22-78-60-99(11)97-58-80(78)56-76)88-52-36-72(37-53-88)73-38-54-89(55-39-73)95(87-50-34-71(35-51-87)67-26-42-83(43-27-67)93(9,10)63-91(4,5)6)85-46-30-69(31-47-85)65-14-18-75(19-15-65)77-21-23-79-61-100(96)98-59-81(79)57-77/h12-57H,11,58-63H2,1-10H3. The lowest BCUT2D eigenvalue weighted by Gasteiger charge is -2.33. The Hall–Kier alpha value is -9.47. The van der Waals surface area contributed by atoms with Crippen molar-refractivity contribution in [3.05, 3.63) is 312 Å². The maximum atomic E-state index is 12.1. The number of benzene rings is 12. The summed E-state index contributed by atoms with van der Waals surface area (Å²) in [5.41, 5.74) is 30.8. The van der Waals surface area contributed by atoms with E-state index in [1.165, 1.54) is 61.2 Å². The highest BCUT2D eigenvalue weighted by atomic mass is 32.2. The summed E-state index contributed by atoms with van der Waals surface area (Å²) in [7, 11) is -0.262. The molecule has 502 valence electrons. The Labute approximate surface area is 599 Å². The molecule has 2 aliphatic rings. The molecule has 2 atom stereocenters. The van der Waals surface area contributed by atoms with Gasteiger partial charge in [-0.15, -0.1) is 0 Å². The van der Waals surface area contributed by atoms with E-state index in [1.54, 1.807) is 0 Å². The molecule has 0 bridgehead atoms. The second-order valence-electron chi connectivity index (χ2n) is 31.0. The van der Waals surface area contributed by atoms with Gasteiger partial charge in [0.2, 0.25) is 0 Å². The van der Waals surface area contributed by atoms with Crippen molar-refractivity contribution in [3.63, 3.8) is 0 Å². The normalized spacial score (nSPS) is 14.8. The highest BCUT2D eigenvalue weighted by molar-refractivity contribution is 8.09. The van der Waals surface area contributed by atoms with Crippen LogP contribution >= 0.6 is 10.8 Å². The average molecular weight is 1350 g/mol. The first-order chi connectivity index (χ1) is 48.0. The van der Waals surface area contributed by atoms with Gasteiger partial charge in [0.25, 0.3) is 0 Å². The minimum Gasteiger partial charge on any atom is -0.318 e. The zero-order valence-electron chi connectivity index (χ0n) is 59.4. The minimum atomic E-state index is -1.26. The van der Waals surface area contributed by atoms with E-state index >= 15 is 0 Å². The summed E-state index contributed by atoms with van der Waals surface area (Å²) in [6.45, 7) is 24.4. The first-order valence-corrected chi connectivity index (χ1v) is 37.8.